The molecule has 2 aromatic heterocycles. The Kier molecular flexibility index (Phi) is 7.92. The van der Waals surface area contributed by atoms with E-state index in [2.05, 4.69) is 58.7 Å². The molecule has 0 aliphatic carbocycles. The van der Waals surface area contributed by atoms with Gasteiger partial charge < -0.3 is 24.8 Å². The molecule has 2 aliphatic rings. The van der Waals surface area contributed by atoms with Gasteiger partial charge in [-0.15, -0.1) is 0 Å². The van der Waals surface area contributed by atoms with Crippen LogP contribution in [0.4, 0.5) is 11.4 Å². The summed E-state index contributed by atoms with van der Waals surface area (Å²) in [5.74, 6) is 0.277. The third-order valence-corrected chi connectivity index (χ3v) is 9.27. The van der Waals surface area contributed by atoms with E-state index in [1.165, 1.54) is 6.42 Å². The Bertz CT molecular complexity index is 1680. The Labute approximate surface area is 263 Å². The van der Waals surface area contributed by atoms with E-state index in [-0.39, 0.29) is 17.6 Å². The summed E-state index contributed by atoms with van der Waals surface area (Å²) in [6.45, 7) is 10.7. The molecular formula is C34H36ClN5O2S. The summed E-state index contributed by atoms with van der Waals surface area (Å²) in [6, 6.07) is 20.9. The Balaban J connectivity index is 1.44. The van der Waals surface area contributed by atoms with Crippen LogP contribution in [0.2, 0.25) is 5.02 Å². The zero-order chi connectivity index (χ0) is 30.4. The maximum Gasteiger partial charge on any atom is 0.335 e. The van der Waals surface area contributed by atoms with Gasteiger partial charge in [0.05, 0.1) is 34.1 Å². The average Bonchev–Trinajstić information content (AvgIpc) is 3.47. The SMILES string of the molecule is Cc1cc([C@@H]2[C@H](c3ccccn3)NC(=S)N2c2ccc(N3C[C@H](C)C[C@H](C)C3)c(Cl)c2)c(C)n1-c1cccc(C(=O)O)c1. The topological polar surface area (TPSA) is 73.6 Å². The molecule has 0 unspecified atom stereocenters. The van der Waals surface area contributed by atoms with Crippen molar-refractivity contribution in [3.8, 4) is 5.69 Å². The molecule has 4 atom stereocenters. The second kappa shape index (κ2) is 11.7. The number of hydrogen-bond acceptors (Lipinski definition) is 4. The molecule has 0 bridgehead atoms. The minimum Gasteiger partial charge on any atom is -0.478 e. The number of nitrogens with one attached hydrogen (secondary N) is 1. The fourth-order valence-electron chi connectivity index (χ4n) is 6.97. The monoisotopic (exact) mass is 613 g/mol. The third-order valence-electron chi connectivity index (χ3n) is 8.66. The van der Waals surface area contributed by atoms with Crippen LogP contribution in [-0.2, 0) is 0 Å². The van der Waals surface area contributed by atoms with Crippen LogP contribution >= 0.6 is 23.8 Å². The van der Waals surface area contributed by atoms with E-state index in [1.807, 2.05) is 37.3 Å². The van der Waals surface area contributed by atoms with E-state index in [9.17, 15) is 9.90 Å². The van der Waals surface area contributed by atoms with Gasteiger partial charge in [0.2, 0.25) is 0 Å². The van der Waals surface area contributed by atoms with Gasteiger partial charge in [-0.3, -0.25) is 4.98 Å². The molecule has 4 aromatic rings. The van der Waals surface area contributed by atoms with Gasteiger partial charge in [0.1, 0.15) is 0 Å². The standard InChI is InChI=1S/C34H36ClN5O2S/c1-20-14-21(2)19-38(18-20)30-12-11-26(17-28(30)35)40-32(31(37-34(40)43)29-10-5-6-13-36-29)27-15-22(3)39(23(27)4)25-9-7-8-24(16-25)33(41)42/h5-13,15-17,20-21,31-32H,14,18-19H2,1-4H3,(H,37,43)(H,41,42)/t20-,21+,31-,32+/m0/s1. The molecule has 2 aliphatic heterocycles. The van der Waals surface area contributed by atoms with Crippen molar-refractivity contribution < 1.29 is 9.90 Å². The van der Waals surface area contributed by atoms with Gasteiger partial charge in [0.25, 0.3) is 0 Å². The molecule has 2 N–H and O–H groups in total. The van der Waals surface area contributed by atoms with Crippen LogP contribution in [0.5, 0.6) is 0 Å². The fraction of sp³-hybridized carbons (Fsp3) is 0.324. The number of nitrogens with zero attached hydrogens (tertiary/aromatic N) is 4. The highest BCUT2D eigenvalue weighted by atomic mass is 35.5. The number of benzene rings is 2. The van der Waals surface area contributed by atoms with Crippen molar-refractivity contribution in [3.05, 3.63) is 106 Å². The third kappa shape index (κ3) is 5.50. The number of hydrogen-bond donors (Lipinski definition) is 2. The number of carbonyl (C=O) groups is 1. The zero-order valence-corrected chi connectivity index (χ0v) is 26.4. The van der Waals surface area contributed by atoms with Crippen LogP contribution in [0.3, 0.4) is 0 Å². The van der Waals surface area contributed by atoms with Crippen LogP contribution in [0, 0.1) is 25.7 Å². The lowest BCUT2D eigenvalue weighted by atomic mass is 9.91. The minimum atomic E-state index is -0.954. The highest BCUT2D eigenvalue weighted by molar-refractivity contribution is 7.80. The number of carboxylic acids is 1. The lowest BCUT2D eigenvalue weighted by Crippen LogP contribution is -2.38. The number of anilines is 2. The van der Waals surface area contributed by atoms with Gasteiger partial charge in [-0.1, -0.05) is 37.6 Å². The predicted octanol–water partition coefficient (Wildman–Crippen LogP) is 7.50. The highest BCUT2D eigenvalue weighted by Gasteiger charge is 2.42. The quantitative estimate of drug-likeness (QED) is 0.218. The second-order valence-electron chi connectivity index (χ2n) is 12.0. The van der Waals surface area contributed by atoms with Crippen molar-refractivity contribution in [2.24, 2.45) is 11.8 Å². The Morgan fingerprint density at radius 1 is 1.00 bits per heavy atom. The number of thiocarbonyl (C=S) groups is 1. The van der Waals surface area contributed by atoms with Crippen LogP contribution in [0.25, 0.3) is 5.69 Å². The van der Waals surface area contributed by atoms with Crippen LogP contribution in [0.15, 0.2) is 72.9 Å². The first-order valence-electron chi connectivity index (χ1n) is 14.7. The van der Waals surface area contributed by atoms with E-state index < -0.39 is 5.97 Å². The van der Waals surface area contributed by atoms with Crippen molar-refractivity contribution in [1.29, 1.82) is 0 Å². The maximum atomic E-state index is 11.7. The largest absolute Gasteiger partial charge is 0.478 e. The Hall–Kier alpha value is -3.88. The van der Waals surface area contributed by atoms with Gasteiger partial charge in [-0.25, -0.2) is 4.79 Å². The van der Waals surface area contributed by atoms with E-state index in [4.69, 9.17) is 28.8 Å². The summed E-state index contributed by atoms with van der Waals surface area (Å²) < 4.78 is 2.10. The van der Waals surface area contributed by atoms with Crippen molar-refractivity contribution >= 4 is 46.3 Å². The number of aryl methyl sites for hydroxylation is 1. The molecule has 222 valence electrons. The van der Waals surface area contributed by atoms with E-state index in [0.29, 0.717) is 22.0 Å². The number of halogens is 1. The molecule has 0 saturated carbocycles. The summed E-state index contributed by atoms with van der Waals surface area (Å²) in [7, 11) is 0. The van der Waals surface area contributed by atoms with Gasteiger partial charge in [-0.05, 0) is 104 Å². The summed E-state index contributed by atoms with van der Waals surface area (Å²) in [4.78, 5) is 21.0. The highest BCUT2D eigenvalue weighted by Crippen LogP contribution is 2.45. The first kappa shape index (κ1) is 29.2. The predicted molar refractivity (Wildman–Crippen MR) is 177 cm³/mol. The van der Waals surface area contributed by atoms with Gasteiger partial charge in [-0.2, -0.15) is 0 Å². The Morgan fingerprint density at radius 2 is 1.77 bits per heavy atom. The molecule has 43 heavy (non-hydrogen) atoms. The van der Waals surface area contributed by atoms with Crippen LogP contribution < -0.4 is 15.1 Å². The first-order valence-corrected chi connectivity index (χ1v) is 15.5. The molecule has 4 heterocycles. The molecule has 0 amide bonds. The second-order valence-corrected chi connectivity index (χ2v) is 12.8. The Morgan fingerprint density at radius 3 is 2.44 bits per heavy atom. The molecule has 2 aromatic carbocycles. The van der Waals surface area contributed by atoms with Crippen LogP contribution in [-0.4, -0.2) is 38.8 Å². The van der Waals surface area contributed by atoms with Gasteiger partial charge >= 0.3 is 5.97 Å². The first-order chi connectivity index (χ1) is 20.6. The van der Waals surface area contributed by atoms with E-state index in [1.54, 1.807) is 24.4 Å². The molecule has 6 rings (SSSR count). The van der Waals surface area contributed by atoms with Crippen molar-refractivity contribution in [2.75, 3.05) is 22.9 Å². The summed E-state index contributed by atoms with van der Waals surface area (Å²) in [5, 5.41) is 14.5. The van der Waals surface area contributed by atoms with Crippen molar-refractivity contribution in [3.63, 3.8) is 0 Å². The lowest BCUT2D eigenvalue weighted by molar-refractivity contribution is 0.0697. The molecule has 2 saturated heterocycles. The molecular weight excluding hydrogens is 578 g/mol. The summed E-state index contributed by atoms with van der Waals surface area (Å²) in [6.07, 6.45) is 3.03. The number of pyridine rings is 1. The maximum absolute atomic E-state index is 11.7. The summed E-state index contributed by atoms with van der Waals surface area (Å²) in [5.41, 5.74) is 6.95. The molecule has 2 fully saturated rings. The van der Waals surface area contributed by atoms with Gasteiger partial charge in [0, 0.05) is 42.0 Å². The lowest BCUT2D eigenvalue weighted by Gasteiger charge is -2.37. The smallest absolute Gasteiger partial charge is 0.335 e. The number of rotatable bonds is 6. The number of carboxylic acid groups (broad SMARTS) is 1. The van der Waals surface area contributed by atoms with Crippen molar-refractivity contribution in [2.45, 2.75) is 46.2 Å². The average molecular weight is 614 g/mol. The summed E-state index contributed by atoms with van der Waals surface area (Å²) >= 11 is 13.0. The number of aromatic nitrogens is 2. The van der Waals surface area contributed by atoms with E-state index >= 15 is 0 Å². The van der Waals surface area contributed by atoms with Crippen molar-refractivity contribution in [1.82, 2.24) is 14.9 Å². The number of aromatic carboxylic acids is 1. The molecule has 0 radical (unpaired) electrons. The minimum absolute atomic E-state index is 0.213. The molecule has 7 nitrogen and oxygen atoms in total. The fourth-order valence-corrected chi connectivity index (χ4v) is 7.61. The number of piperidine rings is 1. The zero-order valence-electron chi connectivity index (χ0n) is 24.8. The molecule has 9 heteroatoms. The van der Waals surface area contributed by atoms with E-state index in [0.717, 1.165) is 52.8 Å². The normalized spacial score (nSPS) is 22.1. The molecule has 0 spiro atoms. The van der Waals surface area contributed by atoms with Crippen LogP contribution in [0.1, 0.15) is 65.4 Å². The van der Waals surface area contributed by atoms with Gasteiger partial charge in [0.15, 0.2) is 5.11 Å².